The van der Waals surface area contributed by atoms with Gasteiger partial charge in [0.25, 0.3) is 0 Å². The first-order chi connectivity index (χ1) is 9.69. The second-order valence-corrected chi connectivity index (χ2v) is 3.80. The summed E-state index contributed by atoms with van der Waals surface area (Å²) in [5.74, 6) is 3.75. The molecule has 0 saturated heterocycles. The van der Waals surface area contributed by atoms with Crippen molar-refractivity contribution in [3.63, 3.8) is 0 Å². The normalized spacial score (nSPS) is 10.2. The molecule has 100 valence electrons. The molecule has 2 rings (SSSR count). The highest BCUT2D eigenvalue weighted by molar-refractivity contribution is 5.79. The van der Waals surface area contributed by atoms with Crippen molar-refractivity contribution in [2.45, 2.75) is 0 Å². The minimum Gasteiger partial charge on any atom is -0.399 e. The Hall–Kier alpha value is -2.74. The molecule has 0 N–H and O–H groups in total. The summed E-state index contributed by atoms with van der Waals surface area (Å²) in [5, 5.41) is 3.62. The van der Waals surface area contributed by atoms with Crippen molar-refractivity contribution in [1.82, 2.24) is 4.98 Å². The summed E-state index contributed by atoms with van der Waals surface area (Å²) in [6.07, 6.45) is 4.66. The quantitative estimate of drug-likeness (QED) is 0.478. The van der Waals surface area contributed by atoms with Gasteiger partial charge in [0.2, 0.25) is 0 Å². The van der Waals surface area contributed by atoms with Crippen LogP contribution in [0.1, 0.15) is 16.7 Å². The molecule has 0 spiro atoms. The summed E-state index contributed by atoms with van der Waals surface area (Å²) in [6.45, 7) is 0. The Morgan fingerprint density at radius 1 is 1.10 bits per heavy atom. The van der Waals surface area contributed by atoms with E-state index in [1.807, 2.05) is 0 Å². The van der Waals surface area contributed by atoms with Crippen molar-refractivity contribution in [3.05, 3.63) is 65.0 Å². The van der Waals surface area contributed by atoms with Gasteiger partial charge in [-0.15, -0.1) is 0 Å². The third-order valence-electron chi connectivity index (χ3n) is 2.34. The predicted octanol–water partition coefficient (Wildman–Crippen LogP) is 2.74. The Balaban J connectivity index is 2.24. The van der Waals surface area contributed by atoms with E-state index >= 15 is 0 Å². The topological polar surface area (TPSA) is 34.5 Å². The van der Waals surface area contributed by atoms with Crippen LogP contribution in [0.4, 0.5) is 8.78 Å². The molecule has 0 unspecified atom stereocenters. The van der Waals surface area contributed by atoms with E-state index in [0.29, 0.717) is 11.1 Å². The zero-order valence-corrected chi connectivity index (χ0v) is 10.6. The Bertz CT molecular complexity index is 703. The van der Waals surface area contributed by atoms with Crippen molar-refractivity contribution in [3.8, 4) is 11.8 Å². The minimum atomic E-state index is -0.920. The summed E-state index contributed by atoms with van der Waals surface area (Å²) in [4.78, 5) is 8.57. The molecule has 1 heterocycles. The van der Waals surface area contributed by atoms with E-state index in [0.717, 1.165) is 17.7 Å². The lowest BCUT2D eigenvalue weighted by atomic mass is 10.2. The second kappa shape index (κ2) is 6.43. The monoisotopic (exact) mass is 272 g/mol. The molecule has 1 aromatic heterocycles. The Morgan fingerprint density at radius 3 is 2.65 bits per heavy atom. The van der Waals surface area contributed by atoms with E-state index in [2.05, 4.69) is 26.8 Å². The van der Waals surface area contributed by atoms with Crippen LogP contribution in [0.5, 0.6) is 0 Å². The van der Waals surface area contributed by atoms with E-state index in [4.69, 9.17) is 0 Å². The fraction of sp³-hybridized carbons (Fsp3) is 0.0667. The SMILES string of the molecule is CO/N=C/c1cncc(C#Cc2ccc(F)c(F)c2)c1. The van der Waals surface area contributed by atoms with Gasteiger partial charge in [-0.05, 0) is 24.3 Å². The minimum absolute atomic E-state index is 0.389. The molecule has 0 saturated carbocycles. The standard InChI is InChI=1S/C15H10F2N2O/c1-20-19-10-13-6-12(8-18-9-13)3-2-11-4-5-14(16)15(17)7-11/h4-10H,1H3/b19-10+. The second-order valence-electron chi connectivity index (χ2n) is 3.80. The smallest absolute Gasteiger partial charge is 0.160 e. The van der Waals surface area contributed by atoms with Gasteiger partial charge in [-0.25, -0.2) is 8.78 Å². The van der Waals surface area contributed by atoms with Gasteiger partial charge in [0.15, 0.2) is 11.6 Å². The van der Waals surface area contributed by atoms with E-state index in [-0.39, 0.29) is 0 Å². The van der Waals surface area contributed by atoms with Crippen LogP contribution in [0.2, 0.25) is 0 Å². The van der Waals surface area contributed by atoms with Crippen molar-refractivity contribution >= 4 is 6.21 Å². The highest BCUT2D eigenvalue weighted by atomic mass is 19.2. The predicted molar refractivity (Wildman–Crippen MR) is 71.2 cm³/mol. The Morgan fingerprint density at radius 2 is 1.90 bits per heavy atom. The lowest BCUT2D eigenvalue weighted by Gasteiger charge is -1.94. The zero-order valence-electron chi connectivity index (χ0n) is 10.6. The van der Waals surface area contributed by atoms with Crippen LogP contribution < -0.4 is 0 Å². The van der Waals surface area contributed by atoms with Crippen molar-refractivity contribution in [2.75, 3.05) is 7.11 Å². The van der Waals surface area contributed by atoms with Gasteiger partial charge in [0.1, 0.15) is 7.11 Å². The number of rotatable bonds is 2. The van der Waals surface area contributed by atoms with Gasteiger partial charge in [0.05, 0.1) is 6.21 Å². The molecule has 0 radical (unpaired) electrons. The van der Waals surface area contributed by atoms with Gasteiger partial charge in [-0.2, -0.15) is 0 Å². The van der Waals surface area contributed by atoms with Gasteiger partial charge in [-0.1, -0.05) is 17.0 Å². The van der Waals surface area contributed by atoms with Crippen LogP contribution in [0, 0.1) is 23.5 Å². The first-order valence-corrected chi connectivity index (χ1v) is 5.67. The number of hydrogen-bond acceptors (Lipinski definition) is 3. The van der Waals surface area contributed by atoms with Crippen LogP contribution >= 0.6 is 0 Å². The van der Waals surface area contributed by atoms with E-state index < -0.39 is 11.6 Å². The van der Waals surface area contributed by atoms with Crippen LogP contribution in [0.25, 0.3) is 0 Å². The van der Waals surface area contributed by atoms with Crippen LogP contribution in [0.15, 0.2) is 41.8 Å². The van der Waals surface area contributed by atoms with Gasteiger partial charge < -0.3 is 4.84 Å². The first-order valence-electron chi connectivity index (χ1n) is 5.67. The Kier molecular flexibility index (Phi) is 4.40. The molecule has 5 heteroatoms. The molecule has 2 aromatic rings. The van der Waals surface area contributed by atoms with Crippen LogP contribution in [0.3, 0.4) is 0 Å². The maximum Gasteiger partial charge on any atom is 0.160 e. The third kappa shape index (κ3) is 3.62. The lowest BCUT2D eigenvalue weighted by molar-refractivity contribution is 0.215. The van der Waals surface area contributed by atoms with Crippen molar-refractivity contribution in [2.24, 2.45) is 5.16 Å². The molecular formula is C15H10F2N2O. The molecule has 0 amide bonds. The summed E-state index contributed by atoms with van der Waals surface area (Å²) >= 11 is 0. The van der Waals surface area contributed by atoms with E-state index in [1.165, 1.54) is 19.4 Å². The summed E-state index contributed by atoms with van der Waals surface area (Å²) in [7, 11) is 1.44. The first kappa shape index (κ1) is 13.7. The molecule has 3 nitrogen and oxygen atoms in total. The van der Waals surface area contributed by atoms with E-state index in [1.54, 1.807) is 18.5 Å². The average molecular weight is 272 g/mol. The molecule has 0 atom stereocenters. The number of halogens is 2. The maximum atomic E-state index is 13.0. The fourth-order valence-electron chi connectivity index (χ4n) is 1.43. The van der Waals surface area contributed by atoms with Gasteiger partial charge in [0, 0.05) is 29.1 Å². The Labute approximate surface area is 114 Å². The molecule has 1 aromatic carbocycles. The number of nitrogens with zero attached hydrogens (tertiary/aromatic N) is 2. The number of hydrogen-bond donors (Lipinski definition) is 0. The zero-order chi connectivity index (χ0) is 14.4. The average Bonchev–Trinajstić information content (AvgIpc) is 2.47. The molecule has 20 heavy (non-hydrogen) atoms. The lowest BCUT2D eigenvalue weighted by Crippen LogP contribution is -1.87. The third-order valence-corrected chi connectivity index (χ3v) is 2.34. The van der Waals surface area contributed by atoms with Crippen molar-refractivity contribution in [1.29, 1.82) is 0 Å². The molecule has 0 aliphatic carbocycles. The largest absolute Gasteiger partial charge is 0.399 e. The molecule has 0 fully saturated rings. The highest BCUT2D eigenvalue weighted by Crippen LogP contribution is 2.08. The maximum absolute atomic E-state index is 13.0. The van der Waals surface area contributed by atoms with E-state index in [9.17, 15) is 8.78 Å². The molecule has 0 bridgehead atoms. The van der Waals surface area contributed by atoms with Crippen molar-refractivity contribution < 1.29 is 13.6 Å². The van der Waals surface area contributed by atoms with Crippen LogP contribution in [-0.2, 0) is 4.84 Å². The van der Waals surface area contributed by atoms with Crippen LogP contribution in [-0.4, -0.2) is 18.3 Å². The van der Waals surface area contributed by atoms with Gasteiger partial charge >= 0.3 is 0 Å². The fourth-order valence-corrected chi connectivity index (χ4v) is 1.43. The summed E-state index contributed by atoms with van der Waals surface area (Å²) in [5.41, 5.74) is 1.75. The molecule has 0 aliphatic heterocycles. The summed E-state index contributed by atoms with van der Waals surface area (Å²) in [6, 6.07) is 5.25. The highest BCUT2D eigenvalue weighted by Gasteiger charge is 2.00. The molecular weight excluding hydrogens is 262 g/mol. The molecule has 0 aliphatic rings. The van der Waals surface area contributed by atoms with Gasteiger partial charge in [-0.3, -0.25) is 4.98 Å². The number of oxime groups is 1. The summed E-state index contributed by atoms with van der Waals surface area (Å²) < 4.78 is 25.8. The number of aromatic nitrogens is 1. The number of pyridine rings is 1. The number of benzene rings is 1.